The normalized spacial score (nSPS) is 9.95. The van der Waals surface area contributed by atoms with Crippen molar-refractivity contribution in [1.82, 2.24) is 15.6 Å². The van der Waals surface area contributed by atoms with Gasteiger partial charge in [0.05, 0.1) is 13.2 Å². The van der Waals surface area contributed by atoms with Crippen molar-refractivity contribution < 1.29 is 24.2 Å². The first kappa shape index (κ1) is 16.9. The number of nitrogens with one attached hydrogen (secondary N) is 2. The van der Waals surface area contributed by atoms with Crippen molar-refractivity contribution in [2.75, 3.05) is 13.2 Å². The van der Waals surface area contributed by atoms with E-state index in [2.05, 4.69) is 15.6 Å². The topological polar surface area (TPSA) is 118 Å². The molecular weight excluding hydrogens is 298 g/mol. The predicted molar refractivity (Wildman–Crippen MR) is 75.2 cm³/mol. The van der Waals surface area contributed by atoms with Gasteiger partial charge in [0.15, 0.2) is 5.69 Å². The highest BCUT2D eigenvalue weighted by Crippen LogP contribution is 2.09. The maximum absolute atomic E-state index is 11.4. The summed E-state index contributed by atoms with van der Waals surface area (Å²) in [7, 11) is 0. The molecule has 2 amide bonds. The number of aromatic nitrogens is 1. The summed E-state index contributed by atoms with van der Waals surface area (Å²) in [4.78, 5) is 37.0. The summed E-state index contributed by atoms with van der Waals surface area (Å²) in [6.07, 6.45) is 0.745. The second-order valence-corrected chi connectivity index (χ2v) is 4.89. The molecule has 0 radical (unpaired) electrons. The van der Waals surface area contributed by atoms with Gasteiger partial charge in [0.2, 0.25) is 0 Å². The number of thiazole rings is 1. The summed E-state index contributed by atoms with van der Waals surface area (Å²) < 4.78 is 4.75. The van der Waals surface area contributed by atoms with E-state index in [0.29, 0.717) is 24.6 Å². The molecule has 116 valence electrons. The first-order valence-corrected chi connectivity index (χ1v) is 7.26. The molecule has 0 spiro atoms. The van der Waals surface area contributed by atoms with Gasteiger partial charge in [-0.15, -0.1) is 11.3 Å². The van der Waals surface area contributed by atoms with Crippen LogP contribution < -0.4 is 10.6 Å². The Balaban J connectivity index is 2.16. The van der Waals surface area contributed by atoms with E-state index in [9.17, 15) is 14.4 Å². The van der Waals surface area contributed by atoms with E-state index in [-0.39, 0.29) is 24.6 Å². The number of amides is 2. The number of carboxylic acids is 1. The molecule has 0 saturated heterocycles. The minimum atomic E-state index is -1.10. The number of carbonyl (C=O) groups excluding carboxylic acids is 2. The third kappa shape index (κ3) is 6.70. The zero-order chi connectivity index (χ0) is 15.7. The Labute approximate surface area is 125 Å². The number of aromatic carboxylic acids is 1. The second kappa shape index (κ2) is 8.90. The molecule has 9 heteroatoms. The zero-order valence-electron chi connectivity index (χ0n) is 11.5. The Morgan fingerprint density at radius 1 is 1.38 bits per heavy atom. The smallest absolute Gasteiger partial charge is 0.355 e. The van der Waals surface area contributed by atoms with Gasteiger partial charge in [0.1, 0.15) is 5.01 Å². The summed E-state index contributed by atoms with van der Waals surface area (Å²) >= 11 is 1.16. The van der Waals surface area contributed by atoms with Gasteiger partial charge in [0, 0.05) is 18.3 Å². The summed E-state index contributed by atoms with van der Waals surface area (Å²) in [5.41, 5.74) is -0.0355. The standard InChI is InChI=1S/C12H17N3O5S/c1-2-20-10(16)4-3-5-13-12(19)14-6-9-15-8(7-21-9)11(17)18/h7H,2-6H2,1H3,(H,17,18)(H2,13,14,19). The fraction of sp³-hybridized carbons (Fsp3) is 0.500. The molecule has 0 aromatic carbocycles. The predicted octanol–water partition coefficient (Wildman–Crippen LogP) is 0.984. The third-order valence-electron chi connectivity index (χ3n) is 2.32. The van der Waals surface area contributed by atoms with Gasteiger partial charge in [-0.3, -0.25) is 4.79 Å². The molecule has 0 aliphatic carbocycles. The fourth-order valence-corrected chi connectivity index (χ4v) is 2.08. The van der Waals surface area contributed by atoms with E-state index in [1.54, 1.807) is 6.92 Å². The molecular formula is C12H17N3O5S. The van der Waals surface area contributed by atoms with Crippen LogP contribution in [0.3, 0.4) is 0 Å². The minimum Gasteiger partial charge on any atom is -0.476 e. The number of hydrogen-bond acceptors (Lipinski definition) is 6. The lowest BCUT2D eigenvalue weighted by Gasteiger charge is -2.06. The van der Waals surface area contributed by atoms with Crippen LogP contribution in [0.25, 0.3) is 0 Å². The number of carbonyl (C=O) groups is 3. The lowest BCUT2D eigenvalue weighted by atomic mass is 10.3. The highest BCUT2D eigenvalue weighted by atomic mass is 32.1. The number of esters is 1. The van der Waals surface area contributed by atoms with Crippen LogP contribution in [0.4, 0.5) is 4.79 Å². The molecule has 8 nitrogen and oxygen atoms in total. The van der Waals surface area contributed by atoms with Crippen LogP contribution in [0.5, 0.6) is 0 Å². The molecule has 1 heterocycles. The van der Waals surface area contributed by atoms with Crippen LogP contribution in [-0.2, 0) is 16.1 Å². The Bertz CT molecular complexity index is 503. The molecule has 0 saturated carbocycles. The molecule has 1 aromatic rings. The van der Waals surface area contributed by atoms with Crippen LogP contribution in [0, 0.1) is 0 Å². The molecule has 0 aliphatic rings. The van der Waals surface area contributed by atoms with Gasteiger partial charge in [-0.1, -0.05) is 0 Å². The zero-order valence-corrected chi connectivity index (χ0v) is 12.4. The van der Waals surface area contributed by atoms with Gasteiger partial charge < -0.3 is 20.5 Å². The number of carboxylic acid groups (broad SMARTS) is 1. The molecule has 1 aromatic heterocycles. The van der Waals surface area contributed by atoms with E-state index < -0.39 is 12.0 Å². The highest BCUT2D eigenvalue weighted by Gasteiger charge is 2.09. The Kier molecular flexibility index (Phi) is 7.16. The fourth-order valence-electron chi connectivity index (χ4n) is 1.38. The first-order chi connectivity index (χ1) is 10.0. The molecule has 0 atom stereocenters. The van der Waals surface area contributed by atoms with Crippen molar-refractivity contribution in [2.24, 2.45) is 0 Å². The monoisotopic (exact) mass is 315 g/mol. The van der Waals surface area contributed by atoms with Crippen LogP contribution in [0.1, 0.15) is 35.3 Å². The van der Waals surface area contributed by atoms with Crippen LogP contribution in [0.15, 0.2) is 5.38 Å². The number of nitrogens with zero attached hydrogens (tertiary/aromatic N) is 1. The molecule has 0 unspecified atom stereocenters. The van der Waals surface area contributed by atoms with Gasteiger partial charge in [-0.05, 0) is 13.3 Å². The van der Waals surface area contributed by atoms with Gasteiger partial charge in [0.25, 0.3) is 0 Å². The minimum absolute atomic E-state index is 0.0355. The van der Waals surface area contributed by atoms with E-state index in [1.807, 2.05) is 0 Å². The Hall–Kier alpha value is -2.16. The maximum Gasteiger partial charge on any atom is 0.355 e. The van der Waals surface area contributed by atoms with E-state index in [0.717, 1.165) is 11.3 Å². The molecule has 0 bridgehead atoms. The van der Waals surface area contributed by atoms with E-state index >= 15 is 0 Å². The second-order valence-electron chi connectivity index (χ2n) is 3.95. The number of hydrogen-bond donors (Lipinski definition) is 3. The molecule has 21 heavy (non-hydrogen) atoms. The number of ether oxygens (including phenoxy) is 1. The van der Waals surface area contributed by atoms with Gasteiger partial charge >= 0.3 is 18.0 Å². The maximum atomic E-state index is 11.4. The highest BCUT2D eigenvalue weighted by molar-refractivity contribution is 7.09. The number of urea groups is 1. The van der Waals surface area contributed by atoms with Crippen molar-refractivity contribution in [1.29, 1.82) is 0 Å². The molecule has 0 aliphatic heterocycles. The van der Waals surface area contributed by atoms with Crippen LogP contribution in [-0.4, -0.2) is 41.2 Å². The molecule has 1 rings (SSSR count). The van der Waals surface area contributed by atoms with Crippen molar-refractivity contribution in [3.8, 4) is 0 Å². The molecule has 0 fully saturated rings. The van der Waals surface area contributed by atoms with Gasteiger partial charge in [-0.25, -0.2) is 14.6 Å². The van der Waals surface area contributed by atoms with Crippen LogP contribution >= 0.6 is 11.3 Å². The summed E-state index contributed by atoms with van der Waals surface area (Å²) in [5, 5.41) is 15.8. The largest absolute Gasteiger partial charge is 0.476 e. The summed E-state index contributed by atoms with van der Waals surface area (Å²) in [6, 6.07) is -0.397. The van der Waals surface area contributed by atoms with Gasteiger partial charge in [-0.2, -0.15) is 0 Å². The number of rotatable bonds is 8. The average molecular weight is 315 g/mol. The third-order valence-corrected chi connectivity index (χ3v) is 3.17. The quantitative estimate of drug-likeness (QED) is 0.486. The SMILES string of the molecule is CCOC(=O)CCCNC(=O)NCc1nc(C(=O)O)cs1. The van der Waals surface area contributed by atoms with Crippen LogP contribution in [0.2, 0.25) is 0 Å². The Morgan fingerprint density at radius 3 is 2.76 bits per heavy atom. The van der Waals surface area contributed by atoms with Crippen molar-refractivity contribution in [3.63, 3.8) is 0 Å². The summed E-state index contributed by atoms with van der Waals surface area (Å²) in [6.45, 7) is 2.58. The summed E-state index contributed by atoms with van der Waals surface area (Å²) in [5.74, 6) is -1.38. The van der Waals surface area contributed by atoms with E-state index in [1.165, 1.54) is 5.38 Å². The van der Waals surface area contributed by atoms with E-state index in [4.69, 9.17) is 9.84 Å². The molecule has 3 N–H and O–H groups in total. The first-order valence-electron chi connectivity index (χ1n) is 6.38. The van der Waals surface area contributed by atoms with Crippen molar-refractivity contribution in [2.45, 2.75) is 26.3 Å². The lowest BCUT2D eigenvalue weighted by Crippen LogP contribution is -2.35. The Morgan fingerprint density at radius 2 is 2.14 bits per heavy atom. The average Bonchev–Trinajstić information content (AvgIpc) is 2.91. The van der Waals surface area contributed by atoms with Crippen molar-refractivity contribution >= 4 is 29.3 Å². The lowest BCUT2D eigenvalue weighted by molar-refractivity contribution is -0.143. The van der Waals surface area contributed by atoms with Crippen molar-refractivity contribution in [3.05, 3.63) is 16.1 Å².